The van der Waals surface area contributed by atoms with Gasteiger partial charge in [0.1, 0.15) is 6.04 Å². The molecule has 2 fully saturated rings. The number of carbonyl (C=O) groups is 4. The molecule has 57 heavy (non-hydrogen) atoms. The van der Waals surface area contributed by atoms with Gasteiger partial charge in [-0.25, -0.2) is 4.79 Å². The molecule has 17 heteroatoms. The molecule has 1 aliphatic carbocycles. The highest BCUT2D eigenvalue weighted by Crippen LogP contribution is 2.42. The zero-order valence-electron chi connectivity index (χ0n) is 31.1. The van der Waals surface area contributed by atoms with Crippen molar-refractivity contribution in [3.8, 4) is 22.5 Å². The van der Waals surface area contributed by atoms with E-state index in [9.17, 15) is 36.7 Å². The van der Waals surface area contributed by atoms with Crippen molar-refractivity contribution in [3.63, 3.8) is 0 Å². The fourth-order valence-electron chi connectivity index (χ4n) is 7.15. The number of anilines is 1. The normalized spacial score (nSPS) is 19.1. The highest BCUT2D eigenvalue weighted by atomic mass is 19.3. The van der Waals surface area contributed by atoms with Gasteiger partial charge in [0, 0.05) is 41.7 Å². The summed E-state index contributed by atoms with van der Waals surface area (Å²) in [5, 5.41) is 27.1. The third-order valence-electron chi connectivity index (χ3n) is 10.6. The van der Waals surface area contributed by atoms with Crippen LogP contribution in [-0.2, 0) is 26.7 Å². The number of hydrogen-bond acceptors (Lipinski definition) is 8. The quantitative estimate of drug-likeness (QED) is 0.0877. The van der Waals surface area contributed by atoms with Crippen molar-refractivity contribution >= 4 is 29.4 Å². The molecule has 2 aliphatic rings. The molecule has 3 amide bonds. The van der Waals surface area contributed by atoms with Crippen molar-refractivity contribution in [2.75, 3.05) is 25.0 Å². The predicted octanol–water partition coefficient (Wildman–Crippen LogP) is 4.78. The number of amides is 3. The molecule has 3 aromatic carbocycles. The van der Waals surface area contributed by atoms with Crippen molar-refractivity contribution in [1.82, 2.24) is 31.1 Å². The van der Waals surface area contributed by atoms with Crippen LogP contribution in [0.3, 0.4) is 0 Å². The van der Waals surface area contributed by atoms with Crippen molar-refractivity contribution < 1.29 is 41.8 Å². The highest BCUT2D eigenvalue weighted by molar-refractivity contribution is 5.98. The number of H-pyrrole nitrogens is 1. The number of aromatic nitrogens is 3. The largest absolute Gasteiger partial charge is 0.477 e. The monoisotopic (exact) mass is 792 g/mol. The molecule has 2 heterocycles. The van der Waals surface area contributed by atoms with Gasteiger partial charge in [0.2, 0.25) is 17.6 Å². The van der Waals surface area contributed by atoms with E-state index in [1.54, 1.807) is 6.07 Å². The minimum absolute atomic E-state index is 0.105. The summed E-state index contributed by atoms with van der Waals surface area (Å²) < 4.78 is 55.8. The van der Waals surface area contributed by atoms with Gasteiger partial charge in [0.25, 0.3) is 5.91 Å². The van der Waals surface area contributed by atoms with Crippen LogP contribution in [0, 0.1) is 18.8 Å². The van der Waals surface area contributed by atoms with Crippen LogP contribution in [0.25, 0.3) is 22.5 Å². The van der Waals surface area contributed by atoms with Crippen LogP contribution < -0.4 is 27.0 Å². The lowest BCUT2D eigenvalue weighted by Gasteiger charge is -2.28. The van der Waals surface area contributed by atoms with E-state index in [4.69, 9.17) is 10.8 Å². The first-order valence-corrected chi connectivity index (χ1v) is 18.7. The highest BCUT2D eigenvalue weighted by Gasteiger charge is 2.65. The zero-order valence-corrected chi connectivity index (χ0v) is 31.1. The van der Waals surface area contributed by atoms with Gasteiger partial charge in [-0.05, 0) is 117 Å². The molecule has 0 radical (unpaired) electrons. The van der Waals surface area contributed by atoms with Gasteiger partial charge in [0.15, 0.2) is 5.82 Å². The Hall–Kier alpha value is -5.68. The van der Waals surface area contributed by atoms with E-state index < -0.39 is 35.6 Å². The average Bonchev–Trinajstić information content (AvgIpc) is 3.92. The number of benzene rings is 3. The number of carboxylic acids is 1. The topological polar surface area (TPSA) is 204 Å². The van der Waals surface area contributed by atoms with E-state index in [2.05, 4.69) is 31.5 Å². The van der Waals surface area contributed by atoms with Crippen molar-refractivity contribution in [3.05, 3.63) is 89.2 Å². The molecule has 13 nitrogen and oxygen atoms in total. The van der Waals surface area contributed by atoms with Crippen molar-refractivity contribution in [2.24, 2.45) is 17.6 Å². The average molecular weight is 793 g/mol. The van der Waals surface area contributed by atoms with Crippen LogP contribution in [-0.4, -0.2) is 81.6 Å². The van der Waals surface area contributed by atoms with E-state index in [1.165, 1.54) is 24.3 Å². The summed E-state index contributed by atoms with van der Waals surface area (Å²) in [4.78, 5) is 52.7. The second-order valence-electron chi connectivity index (χ2n) is 14.7. The second-order valence-corrected chi connectivity index (χ2v) is 14.7. The SMILES string of the molecule is Cc1cc(C(=O)N[C@H]2CCNC2)ccc1-c1ccc(C[C@H](NC(=O)[C@H]2CC[C@H](CN)CC2)C(=O)Nc2ccc(-c3nnc(C(F)(F)C(F)(F)C(=O)O)[nH]3)cc2)cc1. The molecule has 0 bridgehead atoms. The lowest BCUT2D eigenvalue weighted by atomic mass is 9.81. The van der Waals surface area contributed by atoms with E-state index >= 15 is 0 Å². The first-order valence-electron chi connectivity index (χ1n) is 18.7. The maximum atomic E-state index is 14.2. The Balaban J connectivity index is 1.15. The summed E-state index contributed by atoms with van der Waals surface area (Å²) in [5.41, 5.74) is 10.4. The Morgan fingerprint density at radius 2 is 1.60 bits per heavy atom. The number of hydrogen-bond donors (Lipinski definition) is 7. The van der Waals surface area contributed by atoms with Crippen LogP contribution in [0.1, 0.15) is 59.4 Å². The van der Waals surface area contributed by atoms with E-state index in [-0.39, 0.29) is 47.3 Å². The molecular formula is C40H44F4N8O5. The first-order chi connectivity index (χ1) is 27.2. The number of rotatable bonds is 14. The van der Waals surface area contributed by atoms with Crippen LogP contribution >= 0.6 is 0 Å². The molecule has 2 atom stereocenters. The van der Waals surface area contributed by atoms with E-state index in [1.807, 2.05) is 48.3 Å². The lowest BCUT2D eigenvalue weighted by Crippen LogP contribution is -2.48. The molecule has 1 saturated heterocycles. The zero-order chi connectivity index (χ0) is 40.9. The molecule has 8 N–H and O–H groups in total. The fourth-order valence-corrected chi connectivity index (χ4v) is 7.15. The van der Waals surface area contributed by atoms with Gasteiger partial charge in [-0.1, -0.05) is 30.3 Å². The summed E-state index contributed by atoms with van der Waals surface area (Å²) in [6.07, 6.45) is 3.97. The Kier molecular flexibility index (Phi) is 12.4. The Bertz CT molecular complexity index is 2080. The van der Waals surface area contributed by atoms with Crippen LogP contribution in [0.15, 0.2) is 66.7 Å². The van der Waals surface area contributed by atoms with Gasteiger partial charge in [-0.2, -0.15) is 17.6 Å². The fraction of sp³-hybridized carbons (Fsp3) is 0.400. The van der Waals surface area contributed by atoms with Gasteiger partial charge in [-0.3, -0.25) is 14.4 Å². The Morgan fingerprint density at radius 3 is 2.21 bits per heavy atom. The summed E-state index contributed by atoms with van der Waals surface area (Å²) in [6.45, 7) is 4.11. The first kappa shape index (κ1) is 41.0. The molecule has 1 aromatic heterocycles. The Morgan fingerprint density at radius 1 is 0.912 bits per heavy atom. The summed E-state index contributed by atoms with van der Waals surface area (Å²) >= 11 is 0. The number of aliphatic carboxylic acids is 1. The molecule has 6 rings (SSSR count). The van der Waals surface area contributed by atoms with E-state index in [0.29, 0.717) is 30.9 Å². The van der Waals surface area contributed by atoms with Crippen molar-refractivity contribution in [1.29, 1.82) is 0 Å². The Labute approximate surface area is 325 Å². The maximum absolute atomic E-state index is 14.2. The summed E-state index contributed by atoms with van der Waals surface area (Å²) in [5.74, 6) is -16.4. The van der Waals surface area contributed by atoms with Crippen LogP contribution in [0.2, 0.25) is 0 Å². The van der Waals surface area contributed by atoms with Crippen molar-refractivity contribution in [2.45, 2.75) is 69.4 Å². The number of carboxylic acid groups (broad SMARTS) is 1. The molecular weight excluding hydrogens is 748 g/mol. The number of aryl methyl sites for hydroxylation is 1. The maximum Gasteiger partial charge on any atom is 0.411 e. The van der Waals surface area contributed by atoms with Crippen LogP contribution in [0.4, 0.5) is 23.2 Å². The van der Waals surface area contributed by atoms with Gasteiger partial charge in [-0.15, -0.1) is 10.2 Å². The number of nitrogens with one attached hydrogen (secondary N) is 5. The number of alkyl halides is 4. The number of nitrogens with zero attached hydrogens (tertiary/aromatic N) is 2. The minimum Gasteiger partial charge on any atom is -0.477 e. The number of carbonyl (C=O) groups excluding carboxylic acids is 3. The van der Waals surface area contributed by atoms with Gasteiger partial charge >= 0.3 is 17.8 Å². The number of aromatic amines is 1. The third kappa shape index (κ3) is 9.31. The standard InChI is InChI=1S/C40H44F4N8O5/c1-22-18-28(35(54)48-30-16-17-46-21-30)12-15-31(22)25-6-2-23(3-7-25)19-32(49-34(53)27-8-4-24(20-45)5-9-27)36(55)47-29-13-10-26(11-14-29)33-50-37(52-51-33)39(41,42)40(43,44)38(56)57/h2-3,6-7,10-15,18,24,27,30,32,46H,4-5,8-9,16-17,19-21,45H2,1H3,(H,47,55)(H,48,54)(H,49,53)(H,56,57)(H,50,51,52)/t24-,27-,30-,32-/m0/s1. The molecule has 302 valence electrons. The predicted molar refractivity (Wildman–Crippen MR) is 202 cm³/mol. The van der Waals surface area contributed by atoms with Gasteiger partial charge in [0.05, 0.1) is 0 Å². The smallest absolute Gasteiger partial charge is 0.411 e. The second kappa shape index (κ2) is 17.2. The van der Waals surface area contributed by atoms with E-state index in [0.717, 1.165) is 54.6 Å². The molecule has 1 saturated carbocycles. The molecule has 4 aromatic rings. The van der Waals surface area contributed by atoms with Gasteiger partial charge < -0.3 is 37.1 Å². The molecule has 0 unspecified atom stereocenters. The summed E-state index contributed by atoms with van der Waals surface area (Å²) in [7, 11) is 0. The lowest BCUT2D eigenvalue weighted by molar-refractivity contribution is -0.231. The molecule has 1 aliphatic heterocycles. The minimum atomic E-state index is -5.44. The molecule has 0 spiro atoms. The number of nitrogens with two attached hydrogens (primary N) is 1. The number of halogens is 4. The van der Waals surface area contributed by atoms with Crippen LogP contribution in [0.5, 0.6) is 0 Å². The third-order valence-corrected chi connectivity index (χ3v) is 10.6. The summed E-state index contributed by atoms with van der Waals surface area (Å²) in [6, 6.07) is 17.8.